The van der Waals surface area contributed by atoms with E-state index in [1.165, 1.54) is 82.5 Å². The Kier molecular flexibility index (Phi) is 6.44. The number of furan rings is 1. The van der Waals surface area contributed by atoms with Crippen LogP contribution in [0.4, 0.5) is 17.1 Å². The molecule has 0 atom stereocenters. The van der Waals surface area contributed by atoms with Gasteiger partial charge in [-0.25, -0.2) is 0 Å². The molecular weight excluding hydrogens is 691 g/mol. The molecule has 2 nitrogen and oxygen atoms in total. The van der Waals surface area contributed by atoms with E-state index in [2.05, 4.69) is 170 Å². The number of benzene rings is 7. The molecule has 0 aliphatic heterocycles. The molecular formula is C55H45NO. The van der Waals surface area contributed by atoms with Gasteiger partial charge in [0.25, 0.3) is 0 Å². The Hall–Kier alpha value is -5.86. The second-order valence-electron chi connectivity index (χ2n) is 18.5. The van der Waals surface area contributed by atoms with Crippen LogP contribution in [0.5, 0.6) is 0 Å². The highest BCUT2D eigenvalue weighted by atomic mass is 16.3. The summed E-state index contributed by atoms with van der Waals surface area (Å²) >= 11 is 0. The number of para-hydroxylation sites is 2. The Morgan fingerprint density at radius 2 is 1.09 bits per heavy atom. The number of fused-ring (bicyclic) bond motifs is 9. The molecule has 2 heteroatoms. The van der Waals surface area contributed by atoms with E-state index in [9.17, 15) is 0 Å². The van der Waals surface area contributed by atoms with E-state index in [1.807, 2.05) is 0 Å². The third kappa shape index (κ3) is 4.21. The van der Waals surface area contributed by atoms with Crippen LogP contribution in [-0.4, -0.2) is 0 Å². The van der Waals surface area contributed by atoms with E-state index in [0.717, 1.165) is 44.9 Å². The van der Waals surface area contributed by atoms with Gasteiger partial charge in [0.1, 0.15) is 11.2 Å². The number of hydrogen-bond donors (Lipinski definition) is 0. The summed E-state index contributed by atoms with van der Waals surface area (Å²) in [5, 5.41) is 2.33. The maximum Gasteiger partial charge on any atom is 0.143 e. The largest absolute Gasteiger partial charge is 0.455 e. The van der Waals surface area contributed by atoms with Gasteiger partial charge in [-0.2, -0.15) is 0 Å². The van der Waals surface area contributed by atoms with E-state index in [1.54, 1.807) is 11.1 Å². The lowest BCUT2D eigenvalue weighted by Gasteiger charge is -2.61. The van der Waals surface area contributed by atoms with Crippen molar-refractivity contribution in [1.82, 2.24) is 0 Å². The van der Waals surface area contributed by atoms with Gasteiger partial charge in [0.15, 0.2) is 0 Å². The summed E-state index contributed by atoms with van der Waals surface area (Å²) < 4.78 is 6.52. The molecule has 1 heterocycles. The topological polar surface area (TPSA) is 16.4 Å². The highest BCUT2D eigenvalue weighted by Crippen LogP contribution is 2.71. The number of nitrogens with zero attached hydrogens (tertiary/aromatic N) is 1. The summed E-state index contributed by atoms with van der Waals surface area (Å²) in [5.74, 6) is 3.14. The standard InChI is InChI=1S/C55H45NO/c1-54(2)47-17-6-3-11-41(47)43-26-25-39(32-49(43)54)56(38-23-21-35(22-24-38)40-14-9-16-46-44-13-5-8-20-51(44)57-53(40)46)50-19-10-15-45-42-12-4-7-18-48(42)55(52(45)50)36-28-33-27-34(30-36)31-37(55)29-33/h3-26,32-34,36-37H,27-31H2,1-2H3. The highest BCUT2D eigenvalue weighted by Gasteiger charge is 2.62. The minimum atomic E-state index is -0.0970. The molecule has 4 fully saturated rings. The van der Waals surface area contributed by atoms with Crippen molar-refractivity contribution in [2.24, 2.45) is 23.7 Å². The molecule has 57 heavy (non-hydrogen) atoms. The van der Waals surface area contributed by atoms with Gasteiger partial charge in [-0.15, -0.1) is 0 Å². The molecule has 0 N–H and O–H groups in total. The van der Waals surface area contributed by atoms with Crippen LogP contribution < -0.4 is 4.90 Å². The summed E-state index contributed by atoms with van der Waals surface area (Å²) in [6, 6.07) is 57.3. The van der Waals surface area contributed by atoms with Gasteiger partial charge in [0, 0.05) is 38.5 Å². The average molecular weight is 736 g/mol. The van der Waals surface area contributed by atoms with Crippen LogP contribution in [0.25, 0.3) is 55.3 Å². The second kappa shape index (κ2) is 11.4. The number of rotatable bonds is 4. The third-order valence-electron chi connectivity index (χ3n) is 15.5. The first-order valence-corrected chi connectivity index (χ1v) is 21.3. The van der Waals surface area contributed by atoms with Crippen molar-refractivity contribution in [3.05, 3.63) is 174 Å². The monoisotopic (exact) mass is 735 g/mol. The minimum Gasteiger partial charge on any atom is -0.455 e. The fourth-order valence-corrected chi connectivity index (χ4v) is 13.4. The Balaban J connectivity index is 1.03. The van der Waals surface area contributed by atoms with Gasteiger partial charge in [-0.3, -0.25) is 0 Å². The van der Waals surface area contributed by atoms with Gasteiger partial charge >= 0.3 is 0 Å². The summed E-state index contributed by atoms with van der Waals surface area (Å²) in [6.45, 7) is 4.80. The van der Waals surface area contributed by atoms with Crippen LogP contribution in [0.2, 0.25) is 0 Å². The Morgan fingerprint density at radius 3 is 1.88 bits per heavy atom. The second-order valence-corrected chi connectivity index (χ2v) is 18.5. The van der Waals surface area contributed by atoms with Gasteiger partial charge in [0.2, 0.25) is 0 Å². The predicted octanol–water partition coefficient (Wildman–Crippen LogP) is 14.8. The van der Waals surface area contributed by atoms with Crippen molar-refractivity contribution in [1.29, 1.82) is 0 Å². The van der Waals surface area contributed by atoms with E-state index >= 15 is 0 Å². The predicted molar refractivity (Wildman–Crippen MR) is 235 cm³/mol. The van der Waals surface area contributed by atoms with Gasteiger partial charge in [0.05, 0.1) is 5.69 Å². The minimum absolute atomic E-state index is 0.0390. The fraction of sp³-hybridized carbons (Fsp3) is 0.236. The molecule has 6 aliphatic carbocycles. The zero-order chi connectivity index (χ0) is 37.6. The first kappa shape index (κ1) is 32.2. The van der Waals surface area contributed by atoms with E-state index < -0.39 is 0 Å². The zero-order valence-corrected chi connectivity index (χ0v) is 32.6. The zero-order valence-electron chi connectivity index (χ0n) is 32.6. The van der Waals surface area contributed by atoms with E-state index in [4.69, 9.17) is 4.42 Å². The Bertz CT molecular complexity index is 2930. The normalized spacial score (nSPS) is 24.2. The lowest BCUT2D eigenvalue weighted by atomic mass is 9.43. The summed E-state index contributed by atoms with van der Waals surface area (Å²) in [6.07, 6.45) is 6.91. The van der Waals surface area contributed by atoms with Crippen molar-refractivity contribution in [3.63, 3.8) is 0 Å². The van der Waals surface area contributed by atoms with E-state index in [-0.39, 0.29) is 10.8 Å². The van der Waals surface area contributed by atoms with Crippen molar-refractivity contribution in [2.75, 3.05) is 4.90 Å². The van der Waals surface area contributed by atoms with Crippen molar-refractivity contribution >= 4 is 39.0 Å². The van der Waals surface area contributed by atoms with Crippen LogP contribution >= 0.6 is 0 Å². The highest BCUT2D eigenvalue weighted by molar-refractivity contribution is 6.09. The van der Waals surface area contributed by atoms with Crippen LogP contribution in [-0.2, 0) is 10.8 Å². The van der Waals surface area contributed by atoms with Gasteiger partial charge < -0.3 is 9.32 Å². The summed E-state index contributed by atoms with van der Waals surface area (Å²) in [7, 11) is 0. The SMILES string of the molecule is CC1(C)c2ccccc2-c2ccc(N(c3ccc(-c4cccc5c4oc4ccccc45)cc3)c3cccc4c3C3(c5ccccc5-4)C4CC5CC(C4)CC3C5)cc21. The molecule has 1 aromatic heterocycles. The molecule has 8 aromatic rings. The van der Waals surface area contributed by atoms with Crippen molar-refractivity contribution < 1.29 is 4.42 Å². The smallest absolute Gasteiger partial charge is 0.143 e. The first-order chi connectivity index (χ1) is 28.0. The van der Waals surface area contributed by atoms with Crippen molar-refractivity contribution in [2.45, 2.75) is 56.8 Å². The molecule has 7 aromatic carbocycles. The first-order valence-electron chi connectivity index (χ1n) is 21.3. The molecule has 0 amide bonds. The maximum absolute atomic E-state index is 6.52. The van der Waals surface area contributed by atoms with E-state index in [0.29, 0.717) is 11.8 Å². The Labute approximate surface area is 334 Å². The third-order valence-corrected chi connectivity index (χ3v) is 15.5. The van der Waals surface area contributed by atoms with Crippen LogP contribution in [0.1, 0.15) is 68.2 Å². The molecule has 0 radical (unpaired) electrons. The molecule has 276 valence electrons. The number of hydrogen-bond acceptors (Lipinski definition) is 2. The molecule has 14 rings (SSSR count). The summed E-state index contributed by atoms with van der Waals surface area (Å²) in [5.41, 5.74) is 19.5. The van der Waals surface area contributed by atoms with Crippen LogP contribution in [0, 0.1) is 23.7 Å². The average Bonchev–Trinajstić information content (AvgIpc) is 3.85. The van der Waals surface area contributed by atoms with Gasteiger partial charge in [-0.05, 0) is 142 Å². The fourth-order valence-electron chi connectivity index (χ4n) is 13.4. The Morgan fingerprint density at radius 1 is 0.491 bits per heavy atom. The quantitative estimate of drug-likeness (QED) is 0.179. The molecule has 6 aliphatic rings. The molecule has 1 spiro atoms. The molecule has 4 saturated carbocycles. The van der Waals surface area contributed by atoms with Crippen LogP contribution in [0.15, 0.2) is 156 Å². The lowest BCUT2D eigenvalue weighted by molar-refractivity contribution is -0.0397. The molecule has 0 saturated heterocycles. The van der Waals surface area contributed by atoms with Gasteiger partial charge in [-0.1, -0.05) is 129 Å². The maximum atomic E-state index is 6.52. The number of anilines is 3. The lowest BCUT2D eigenvalue weighted by Crippen LogP contribution is -2.55. The molecule has 4 bridgehead atoms. The van der Waals surface area contributed by atoms with Crippen molar-refractivity contribution in [3.8, 4) is 33.4 Å². The summed E-state index contributed by atoms with van der Waals surface area (Å²) in [4.78, 5) is 2.63. The molecule has 0 unspecified atom stereocenters. The van der Waals surface area contributed by atoms with Crippen LogP contribution in [0.3, 0.4) is 0 Å².